The summed E-state index contributed by atoms with van der Waals surface area (Å²) in [5.74, 6) is 0.601. The number of fused-ring (bicyclic) bond motifs is 1. The van der Waals surface area contributed by atoms with Crippen molar-refractivity contribution in [3.63, 3.8) is 0 Å². The van der Waals surface area contributed by atoms with E-state index in [9.17, 15) is 0 Å². The largest absolute Gasteiger partial charge is 0.397 e. The molecule has 0 aliphatic carbocycles. The third-order valence-electron chi connectivity index (χ3n) is 2.67. The Bertz CT molecular complexity index is 645. The zero-order chi connectivity index (χ0) is 12.4. The summed E-state index contributed by atoms with van der Waals surface area (Å²) in [5.41, 5.74) is 8.45. The van der Waals surface area contributed by atoms with E-state index in [1.165, 1.54) is 6.33 Å². The van der Waals surface area contributed by atoms with Crippen LogP contribution < -0.4 is 11.1 Å². The van der Waals surface area contributed by atoms with Crippen molar-refractivity contribution in [3.8, 4) is 0 Å². The van der Waals surface area contributed by atoms with Gasteiger partial charge in [-0.05, 0) is 12.1 Å². The number of H-pyrrole nitrogens is 1. The minimum Gasteiger partial charge on any atom is -0.397 e. The van der Waals surface area contributed by atoms with Gasteiger partial charge in [-0.15, -0.1) is 0 Å². The Balaban J connectivity index is 1.71. The van der Waals surface area contributed by atoms with Crippen LogP contribution in [0.1, 0.15) is 5.89 Å². The molecular formula is C11H12N6O. The number of aromatic nitrogens is 4. The van der Waals surface area contributed by atoms with Gasteiger partial charge in [-0.25, -0.2) is 0 Å². The smallest absolute Gasteiger partial charge is 0.228 e. The third kappa shape index (κ3) is 1.97. The molecule has 0 saturated heterocycles. The third-order valence-corrected chi connectivity index (χ3v) is 2.67. The second-order valence-electron chi connectivity index (χ2n) is 3.91. The summed E-state index contributed by atoms with van der Waals surface area (Å²) < 4.78 is 4.91. The van der Waals surface area contributed by atoms with E-state index in [1.807, 2.05) is 12.1 Å². The molecule has 0 aliphatic rings. The minimum absolute atomic E-state index is 0.601. The lowest BCUT2D eigenvalue weighted by molar-refractivity contribution is 0.380. The first-order chi connectivity index (χ1) is 8.83. The molecular weight excluding hydrogens is 232 g/mol. The van der Waals surface area contributed by atoms with Crippen LogP contribution in [0.3, 0.4) is 0 Å². The van der Waals surface area contributed by atoms with E-state index >= 15 is 0 Å². The normalized spacial score (nSPS) is 10.9. The van der Waals surface area contributed by atoms with Gasteiger partial charge in [-0.3, -0.25) is 5.10 Å². The molecule has 0 aliphatic heterocycles. The van der Waals surface area contributed by atoms with E-state index < -0.39 is 0 Å². The van der Waals surface area contributed by atoms with E-state index in [1.54, 1.807) is 6.20 Å². The predicted molar refractivity (Wildman–Crippen MR) is 67.0 cm³/mol. The number of nitrogens with zero attached hydrogens (tertiary/aromatic N) is 3. The van der Waals surface area contributed by atoms with Crippen LogP contribution in [0.15, 0.2) is 29.2 Å². The molecule has 3 rings (SSSR count). The molecule has 18 heavy (non-hydrogen) atoms. The highest BCUT2D eigenvalue weighted by molar-refractivity contribution is 5.88. The molecule has 4 N–H and O–H groups in total. The highest BCUT2D eigenvalue weighted by Crippen LogP contribution is 2.24. The number of hydrogen-bond donors (Lipinski definition) is 3. The van der Waals surface area contributed by atoms with Gasteiger partial charge in [0.05, 0.1) is 23.1 Å². The lowest BCUT2D eigenvalue weighted by atomic mass is 10.2. The molecule has 2 heterocycles. The van der Waals surface area contributed by atoms with Crippen LogP contribution in [0.25, 0.3) is 10.9 Å². The second-order valence-corrected chi connectivity index (χ2v) is 3.91. The number of hydrogen-bond acceptors (Lipinski definition) is 6. The van der Waals surface area contributed by atoms with Crippen molar-refractivity contribution in [3.05, 3.63) is 30.5 Å². The van der Waals surface area contributed by atoms with E-state index in [-0.39, 0.29) is 0 Å². The maximum Gasteiger partial charge on any atom is 0.228 e. The summed E-state index contributed by atoms with van der Waals surface area (Å²) in [6, 6.07) is 3.82. The average molecular weight is 244 g/mol. The van der Waals surface area contributed by atoms with Crippen LogP contribution in [0.4, 0.5) is 11.4 Å². The molecule has 0 saturated carbocycles. The fourth-order valence-corrected chi connectivity index (χ4v) is 1.77. The number of aromatic amines is 1. The van der Waals surface area contributed by atoms with Gasteiger partial charge in [0.2, 0.25) is 5.89 Å². The Labute approximate surface area is 102 Å². The number of nitrogens with one attached hydrogen (secondary N) is 2. The molecule has 2 aromatic heterocycles. The van der Waals surface area contributed by atoms with E-state index in [2.05, 4.69) is 25.7 Å². The van der Waals surface area contributed by atoms with Crippen molar-refractivity contribution >= 4 is 22.3 Å². The Morgan fingerprint density at radius 1 is 1.39 bits per heavy atom. The molecule has 0 atom stereocenters. The van der Waals surface area contributed by atoms with Gasteiger partial charge in [0.25, 0.3) is 0 Å². The maximum absolute atomic E-state index is 5.95. The van der Waals surface area contributed by atoms with Crippen molar-refractivity contribution in [2.75, 3.05) is 17.6 Å². The molecule has 92 valence electrons. The van der Waals surface area contributed by atoms with Crippen LogP contribution in [0.2, 0.25) is 0 Å². The number of nitrogen functional groups attached to an aromatic ring is 1. The number of anilines is 2. The summed E-state index contributed by atoms with van der Waals surface area (Å²) in [6.45, 7) is 0.673. The zero-order valence-corrected chi connectivity index (χ0v) is 9.55. The monoisotopic (exact) mass is 244 g/mol. The zero-order valence-electron chi connectivity index (χ0n) is 9.55. The van der Waals surface area contributed by atoms with Gasteiger partial charge in [0, 0.05) is 18.4 Å². The van der Waals surface area contributed by atoms with Crippen LogP contribution >= 0.6 is 0 Å². The van der Waals surface area contributed by atoms with E-state index in [0.717, 1.165) is 16.6 Å². The standard InChI is InChI=1S/C11H12N6O/c12-8-3-7-5-15-17-9(7)4-10(8)13-2-1-11-14-6-16-18-11/h3-6,13H,1-2,12H2,(H,15,17). The molecule has 0 spiro atoms. The quantitative estimate of drug-likeness (QED) is 0.595. The number of nitrogens with two attached hydrogens (primary N) is 1. The summed E-state index contributed by atoms with van der Waals surface area (Å²) in [5, 5.41) is 14.6. The average Bonchev–Trinajstić information content (AvgIpc) is 3.00. The molecule has 3 aromatic rings. The first-order valence-corrected chi connectivity index (χ1v) is 5.55. The molecule has 7 heteroatoms. The predicted octanol–water partition coefficient (Wildman–Crippen LogP) is 1.18. The van der Waals surface area contributed by atoms with Gasteiger partial charge in [0.15, 0.2) is 6.33 Å². The summed E-state index contributed by atoms with van der Waals surface area (Å²) in [6.07, 6.45) is 3.79. The van der Waals surface area contributed by atoms with Gasteiger partial charge >= 0.3 is 0 Å². The van der Waals surface area contributed by atoms with Crippen molar-refractivity contribution in [1.29, 1.82) is 0 Å². The van der Waals surface area contributed by atoms with Gasteiger partial charge in [-0.1, -0.05) is 5.16 Å². The molecule has 0 bridgehead atoms. The lowest BCUT2D eigenvalue weighted by Gasteiger charge is -2.08. The van der Waals surface area contributed by atoms with Crippen LogP contribution in [-0.2, 0) is 6.42 Å². The highest BCUT2D eigenvalue weighted by Gasteiger charge is 2.04. The Morgan fingerprint density at radius 3 is 3.17 bits per heavy atom. The van der Waals surface area contributed by atoms with Crippen LogP contribution in [0, 0.1) is 0 Å². The van der Waals surface area contributed by atoms with Crippen molar-refractivity contribution < 1.29 is 4.52 Å². The minimum atomic E-state index is 0.601. The fraction of sp³-hybridized carbons (Fsp3) is 0.182. The van der Waals surface area contributed by atoms with Gasteiger partial charge in [0.1, 0.15) is 0 Å². The first kappa shape index (κ1) is 10.6. The molecule has 1 aromatic carbocycles. The van der Waals surface area contributed by atoms with Crippen molar-refractivity contribution in [2.45, 2.75) is 6.42 Å². The summed E-state index contributed by atoms with van der Waals surface area (Å²) >= 11 is 0. The highest BCUT2D eigenvalue weighted by atomic mass is 16.5. The Hall–Kier alpha value is -2.57. The van der Waals surface area contributed by atoms with Gasteiger partial charge in [-0.2, -0.15) is 10.1 Å². The second kappa shape index (κ2) is 4.36. The number of benzene rings is 1. The lowest BCUT2D eigenvalue weighted by Crippen LogP contribution is -2.07. The first-order valence-electron chi connectivity index (χ1n) is 5.55. The van der Waals surface area contributed by atoms with E-state index in [4.69, 9.17) is 10.3 Å². The van der Waals surface area contributed by atoms with Crippen LogP contribution in [-0.4, -0.2) is 26.9 Å². The van der Waals surface area contributed by atoms with Crippen molar-refractivity contribution in [2.24, 2.45) is 0 Å². The van der Waals surface area contributed by atoms with Crippen LogP contribution in [0.5, 0.6) is 0 Å². The molecule has 7 nitrogen and oxygen atoms in total. The number of rotatable bonds is 4. The summed E-state index contributed by atoms with van der Waals surface area (Å²) in [4.78, 5) is 3.95. The molecule has 0 radical (unpaired) electrons. The molecule has 0 amide bonds. The SMILES string of the molecule is Nc1cc2cn[nH]c2cc1NCCc1ncno1. The maximum atomic E-state index is 5.95. The molecule has 0 fully saturated rings. The fourth-order valence-electron chi connectivity index (χ4n) is 1.77. The summed E-state index contributed by atoms with van der Waals surface area (Å²) in [7, 11) is 0. The Kier molecular flexibility index (Phi) is 2.56. The van der Waals surface area contributed by atoms with Gasteiger partial charge < -0.3 is 15.6 Å². The Morgan fingerprint density at radius 2 is 2.33 bits per heavy atom. The van der Waals surface area contributed by atoms with E-state index in [0.29, 0.717) is 24.5 Å². The molecule has 0 unspecified atom stereocenters. The topological polar surface area (TPSA) is 106 Å². The van der Waals surface area contributed by atoms with Crippen molar-refractivity contribution in [1.82, 2.24) is 20.3 Å².